The zero-order chi connectivity index (χ0) is 30.9. The van der Waals surface area contributed by atoms with E-state index in [2.05, 4.69) is 15.4 Å². The molecule has 3 N–H and O–H groups in total. The van der Waals surface area contributed by atoms with Crippen LogP contribution in [0.15, 0.2) is 76.7 Å². The Bertz CT molecular complexity index is 1930. The summed E-state index contributed by atoms with van der Waals surface area (Å²) in [6, 6.07) is 13.2. The maximum atomic E-state index is 15.3. The molecule has 0 aliphatic carbocycles. The zero-order valence-electron chi connectivity index (χ0n) is 24.3. The van der Waals surface area contributed by atoms with Crippen LogP contribution in [0.5, 0.6) is 5.75 Å². The monoisotopic (exact) mass is 585 g/mol. The van der Waals surface area contributed by atoms with Gasteiger partial charge < -0.3 is 24.8 Å². The predicted octanol–water partition coefficient (Wildman–Crippen LogP) is 4.19. The van der Waals surface area contributed by atoms with Crippen molar-refractivity contribution < 1.29 is 19.3 Å². The average Bonchev–Trinajstić information content (AvgIpc) is 2.98. The van der Waals surface area contributed by atoms with Crippen LogP contribution in [0.25, 0.3) is 27.6 Å². The van der Waals surface area contributed by atoms with E-state index in [-0.39, 0.29) is 40.9 Å². The van der Waals surface area contributed by atoms with Crippen LogP contribution in [0, 0.1) is 5.82 Å². The molecule has 0 unspecified atom stereocenters. The Hall–Kier alpha value is -4.87. The predicted molar refractivity (Wildman–Crippen MR) is 163 cm³/mol. The molecule has 0 atom stereocenters. The summed E-state index contributed by atoms with van der Waals surface area (Å²) in [4.78, 5) is 30.8. The first-order valence-electron chi connectivity index (χ1n) is 13.6. The molecule has 0 saturated carbocycles. The molecule has 0 bridgehead atoms. The van der Waals surface area contributed by atoms with Gasteiger partial charge >= 0.3 is 0 Å². The third-order valence-electron chi connectivity index (χ3n) is 7.10. The molecule has 0 fully saturated rings. The van der Waals surface area contributed by atoms with Gasteiger partial charge in [-0.1, -0.05) is 32.9 Å². The summed E-state index contributed by atoms with van der Waals surface area (Å²) < 4.78 is 23.1. The van der Waals surface area contributed by atoms with Gasteiger partial charge in [0, 0.05) is 29.8 Å². The van der Waals surface area contributed by atoms with E-state index in [0.29, 0.717) is 33.6 Å². The number of nitrogens with zero attached hydrogens (tertiary/aromatic N) is 4. The molecule has 0 saturated heterocycles. The number of rotatable bonds is 8. The Kier molecular flexibility index (Phi) is 8.12. The standard InChI is InChI=1S/C32H32FN5O5/c1-32(2,3)21-12-19-15-35-38(31(42)29(19)25(33)14-21)27-7-5-6-23(24(27)18-40)20-13-26(30(41)37(4)17-20)36-28-9-8-22(16-34-28)43-11-10-39/h5-9,12-17,39-40H,10-11,18H2,1-4H3,(H,34,36). The molecule has 0 aliphatic heterocycles. The summed E-state index contributed by atoms with van der Waals surface area (Å²) >= 11 is 0. The Morgan fingerprint density at radius 1 is 1.02 bits per heavy atom. The molecular formula is C32H32FN5O5. The van der Waals surface area contributed by atoms with Crippen LogP contribution in [-0.2, 0) is 19.1 Å². The number of benzene rings is 2. The van der Waals surface area contributed by atoms with E-state index in [9.17, 15) is 14.7 Å². The van der Waals surface area contributed by atoms with Gasteiger partial charge in [-0.3, -0.25) is 9.59 Å². The molecule has 0 spiro atoms. The first kappa shape index (κ1) is 29.6. The number of halogens is 1. The molecule has 43 heavy (non-hydrogen) atoms. The van der Waals surface area contributed by atoms with Crippen molar-refractivity contribution in [2.24, 2.45) is 7.05 Å². The Balaban J connectivity index is 1.58. The summed E-state index contributed by atoms with van der Waals surface area (Å²) in [6.07, 6.45) is 4.54. The lowest BCUT2D eigenvalue weighted by Gasteiger charge is -2.20. The van der Waals surface area contributed by atoms with E-state index in [1.165, 1.54) is 23.0 Å². The van der Waals surface area contributed by atoms with Gasteiger partial charge in [0.25, 0.3) is 11.1 Å². The first-order valence-corrected chi connectivity index (χ1v) is 13.6. The fraction of sp³-hybridized carbons (Fsp3) is 0.250. The van der Waals surface area contributed by atoms with Crippen LogP contribution >= 0.6 is 0 Å². The van der Waals surface area contributed by atoms with Gasteiger partial charge in [-0.25, -0.2) is 9.37 Å². The maximum absolute atomic E-state index is 15.3. The number of nitrogens with one attached hydrogen (secondary N) is 1. The van der Waals surface area contributed by atoms with Crippen molar-refractivity contribution in [2.75, 3.05) is 18.5 Å². The second kappa shape index (κ2) is 11.8. The highest BCUT2D eigenvalue weighted by atomic mass is 19.1. The van der Waals surface area contributed by atoms with Gasteiger partial charge in [-0.15, -0.1) is 0 Å². The van der Waals surface area contributed by atoms with E-state index in [0.717, 1.165) is 10.2 Å². The van der Waals surface area contributed by atoms with Gasteiger partial charge in [-0.2, -0.15) is 9.78 Å². The normalized spacial score (nSPS) is 11.6. The second-order valence-electron chi connectivity index (χ2n) is 11.1. The summed E-state index contributed by atoms with van der Waals surface area (Å²) in [5.74, 6) is 0.226. The van der Waals surface area contributed by atoms with Crippen molar-refractivity contribution in [1.29, 1.82) is 0 Å². The zero-order valence-corrected chi connectivity index (χ0v) is 24.3. The van der Waals surface area contributed by atoms with Crippen LogP contribution < -0.4 is 21.2 Å². The molecule has 0 aliphatic rings. The number of hydrogen-bond acceptors (Lipinski definition) is 8. The van der Waals surface area contributed by atoms with Crippen LogP contribution in [-0.4, -0.2) is 42.8 Å². The van der Waals surface area contributed by atoms with E-state index < -0.39 is 18.0 Å². The van der Waals surface area contributed by atoms with Gasteiger partial charge in [0.1, 0.15) is 29.7 Å². The van der Waals surface area contributed by atoms with Crippen LogP contribution in [0.4, 0.5) is 15.9 Å². The van der Waals surface area contributed by atoms with Gasteiger partial charge in [0.2, 0.25) is 0 Å². The van der Waals surface area contributed by atoms with Crippen molar-refractivity contribution in [3.8, 4) is 22.6 Å². The van der Waals surface area contributed by atoms with E-state index in [4.69, 9.17) is 9.84 Å². The first-order chi connectivity index (χ1) is 20.5. The summed E-state index contributed by atoms with van der Waals surface area (Å²) in [7, 11) is 1.60. The van der Waals surface area contributed by atoms with E-state index >= 15 is 4.39 Å². The molecule has 10 nitrogen and oxygen atoms in total. The molecule has 0 radical (unpaired) electrons. The SMILES string of the molecule is Cn1cc(-c2cccc(-n3ncc4cc(C(C)(C)C)cc(F)c4c3=O)c2CO)cc(Nc2ccc(OCCO)cn2)c1=O. The van der Waals surface area contributed by atoms with Crippen molar-refractivity contribution in [3.05, 3.63) is 105 Å². The number of aryl methyl sites for hydroxylation is 1. The molecule has 5 aromatic rings. The number of fused-ring (bicyclic) bond motifs is 1. The third-order valence-corrected chi connectivity index (χ3v) is 7.10. The largest absolute Gasteiger partial charge is 0.490 e. The number of aliphatic hydroxyl groups is 2. The van der Waals surface area contributed by atoms with Crippen LogP contribution in [0.3, 0.4) is 0 Å². The molecule has 3 aromatic heterocycles. The highest BCUT2D eigenvalue weighted by Gasteiger charge is 2.21. The van der Waals surface area contributed by atoms with Crippen molar-refractivity contribution in [2.45, 2.75) is 32.8 Å². The molecular weight excluding hydrogens is 553 g/mol. The second-order valence-corrected chi connectivity index (χ2v) is 11.1. The maximum Gasteiger partial charge on any atom is 0.282 e. The highest BCUT2D eigenvalue weighted by molar-refractivity contribution is 5.83. The third kappa shape index (κ3) is 5.90. The molecule has 5 rings (SSSR count). The Labute approximate surface area is 246 Å². The van der Waals surface area contributed by atoms with Crippen LogP contribution in [0.1, 0.15) is 31.9 Å². The Morgan fingerprint density at radius 3 is 2.49 bits per heavy atom. The van der Waals surface area contributed by atoms with Gasteiger partial charge in [0.15, 0.2) is 0 Å². The quantitative estimate of drug-likeness (QED) is 0.247. The number of hydrogen-bond donors (Lipinski definition) is 3. The van der Waals surface area contributed by atoms with Crippen molar-refractivity contribution >= 4 is 22.3 Å². The smallest absolute Gasteiger partial charge is 0.282 e. The van der Waals surface area contributed by atoms with Gasteiger partial charge in [0.05, 0.1) is 36.7 Å². The van der Waals surface area contributed by atoms with E-state index in [1.54, 1.807) is 55.7 Å². The Morgan fingerprint density at radius 2 is 1.81 bits per heavy atom. The number of aromatic nitrogens is 4. The minimum Gasteiger partial charge on any atom is -0.490 e. The topological polar surface area (TPSA) is 132 Å². The number of aliphatic hydroxyl groups excluding tert-OH is 2. The minimum atomic E-state index is -0.650. The van der Waals surface area contributed by atoms with Crippen molar-refractivity contribution in [1.82, 2.24) is 19.3 Å². The van der Waals surface area contributed by atoms with E-state index in [1.807, 2.05) is 20.8 Å². The van der Waals surface area contributed by atoms with Crippen LogP contribution in [0.2, 0.25) is 0 Å². The molecule has 2 aromatic carbocycles. The summed E-state index contributed by atoms with van der Waals surface area (Å²) in [5, 5.41) is 27.1. The molecule has 11 heteroatoms. The van der Waals surface area contributed by atoms with Crippen molar-refractivity contribution in [3.63, 3.8) is 0 Å². The highest BCUT2D eigenvalue weighted by Crippen LogP contribution is 2.31. The fourth-order valence-corrected chi connectivity index (χ4v) is 4.84. The summed E-state index contributed by atoms with van der Waals surface area (Å²) in [6.45, 7) is 5.44. The van der Waals surface area contributed by atoms with Gasteiger partial charge in [-0.05, 0) is 52.9 Å². The number of ether oxygens (including phenoxy) is 1. The number of pyridine rings is 2. The lowest BCUT2D eigenvalue weighted by atomic mass is 9.86. The fourth-order valence-electron chi connectivity index (χ4n) is 4.84. The molecule has 222 valence electrons. The lowest BCUT2D eigenvalue weighted by molar-refractivity contribution is 0.201. The molecule has 3 heterocycles. The minimum absolute atomic E-state index is 0.0915. The average molecular weight is 586 g/mol. The number of anilines is 2. The summed E-state index contributed by atoms with van der Waals surface area (Å²) in [5.41, 5.74) is 1.47. The molecule has 0 amide bonds. The lowest BCUT2D eigenvalue weighted by Crippen LogP contribution is -2.24.